The molecule has 148 valence electrons. The van der Waals surface area contributed by atoms with Crippen LogP contribution in [0.1, 0.15) is 49.3 Å². The van der Waals surface area contributed by atoms with Crippen LogP contribution in [0.25, 0.3) is 0 Å². The molecule has 0 saturated carbocycles. The van der Waals surface area contributed by atoms with Crippen molar-refractivity contribution in [2.75, 3.05) is 46.1 Å². The number of carbonyl (C=O) groups is 2. The van der Waals surface area contributed by atoms with Gasteiger partial charge in [0.05, 0.1) is 24.8 Å². The molecule has 1 N–H and O–H groups in total. The normalized spacial score (nSPS) is 19.8. The van der Waals surface area contributed by atoms with Gasteiger partial charge in [-0.15, -0.1) is 0 Å². The molecule has 0 bridgehead atoms. The fraction of sp³-hybridized carbons (Fsp3) is 0.684. The van der Waals surface area contributed by atoms with Crippen LogP contribution in [-0.2, 0) is 22.6 Å². The number of likely N-dealkylation sites (N-methyl/N-ethyl adjacent to an activating group) is 1. The van der Waals surface area contributed by atoms with Crippen LogP contribution in [0.15, 0.2) is 0 Å². The number of amides is 2. The first-order chi connectivity index (χ1) is 12.9. The number of anilines is 1. The second-order valence-corrected chi connectivity index (χ2v) is 7.63. The molecule has 1 aromatic heterocycles. The van der Waals surface area contributed by atoms with E-state index in [1.165, 1.54) is 0 Å². The van der Waals surface area contributed by atoms with Crippen LogP contribution in [-0.4, -0.2) is 77.3 Å². The van der Waals surface area contributed by atoms with Gasteiger partial charge in [0.2, 0.25) is 11.8 Å². The fourth-order valence-electron chi connectivity index (χ4n) is 3.95. The van der Waals surface area contributed by atoms with Crippen molar-refractivity contribution in [2.24, 2.45) is 0 Å². The van der Waals surface area contributed by atoms with E-state index < -0.39 is 0 Å². The van der Waals surface area contributed by atoms with E-state index in [0.29, 0.717) is 26.1 Å². The van der Waals surface area contributed by atoms with Crippen LogP contribution < -0.4 is 5.32 Å². The Balaban J connectivity index is 1.88. The molecule has 0 aliphatic carbocycles. The number of carbonyl (C=O) groups excluding carboxylic acids is 2. The predicted molar refractivity (Wildman–Crippen MR) is 103 cm³/mol. The van der Waals surface area contributed by atoms with Gasteiger partial charge in [0.25, 0.3) is 0 Å². The van der Waals surface area contributed by atoms with E-state index in [1.807, 2.05) is 35.8 Å². The number of hydrogen-bond acceptors (Lipinski definition) is 6. The summed E-state index contributed by atoms with van der Waals surface area (Å²) in [6.45, 7) is 3.98. The largest absolute Gasteiger partial charge is 0.373 e. The minimum Gasteiger partial charge on any atom is -0.373 e. The molecule has 0 aromatic carbocycles. The summed E-state index contributed by atoms with van der Waals surface area (Å²) in [5.41, 5.74) is 1.98. The van der Waals surface area contributed by atoms with Crippen LogP contribution in [0, 0.1) is 0 Å². The van der Waals surface area contributed by atoms with Gasteiger partial charge >= 0.3 is 0 Å². The molecule has 0 unspecified atom stereocenters. The highest BCUT2D eigenvalue weighted by Gasteiger charge is 2.31. The third-order valence-electron chi connectivity index (χ3n) is 5.32. The van der Waals surface area contributed by atoms with E-state index in [1.54, 1.807) is 6.92 Å². The molecular formula is C19H30N6O2. The van der Waals surface area contributed by atoms with E-state index in [-0.39, 0.29) is 17.9 Å². The van der Waals surface area contributed by atoms with E-state index in [2.05, 4.69) is 5.32 Å². The highest BCUT2D eigenvalue weighted by Crippen LogP contribution is 2.32. The van der Waals surface area contributed by atoms with Crippen LogP contribution in [0.3, 0.4) is 0 Å². The summed E-state index contributed by atoms with van der Waals surface area (Å²) in [4.78, 5) is 39.7. The Morgan fingerprint density at radius 3 is 2.67 bits per heavy atom. The Morgan fingerprint density at radius 2 is 2.00 bits per heavy atom. The molecule has 3 heterocycles. The van der Waals surface area contributed by atoms with Gasteiger partial charge in [-0.05, 0) is 33.4 Å². The minimum absolute atomic E-state index is 0.0537. The highest BCUT2D eigenvalue weighted by molar-refractivity contribution is 5.78. The quantitative estimate of drug-likeness (QED) is 0.848. The first-order valence-electron chi connectivity index (χ1n) is 9.68. The van der Waals surface area contributed by atoms with Gasteiger partial charge in [0.15, 0.2) is 5.82 Å². The van der Waals surface area contributed by atoms with Gasteiger partial charge in [0.1, 0.15) is 5.82 Å². The lowest BCUT2D eigenvalue weighted by Crippen LogP contribution is -2.42. The Hall–Kier alpha value is -2.22. The maximum absolute atomic E-state index is 12.4. The zero-order valence-electron chi connectivity index (χ0n) is 16.8. The lowest BCUT2D eigenvalue weighted by molar-refractivity contribution is -0.133. The highest BCUT2D eigenvalue weighted by atomic mass is 16.2. The summed E-state index contributed by atoms with van der Waals surface area (Å²) in [5.74, 6) is 1.69. The molecule has 1 fully saturated rings. The van der Waals surface area contributed by atoms with E-state index >= 15 is 0 Å². The van der Waals surface area contributed by atoms with Crippen LogP contribution in [0.5, 0.6) is 0 Å². The van der Waals surface area contributed by atoms with Crippen molar-refractivity contribution in [2.45, 2.75) is 45.2 Å². The molecule has 27 heavy (non-hydrogen) atoms. The number of fused-ring (bicyclic) bond motifs is 1. The maximum Gasteiger partial charge on any atom is 0.237 e. The number of nitrogens with one attached hydrogen (secondary N) is 1. The molecule has 2 aliphatic heterocycles. The number of nitrogens with zero attached hydrogens (tertiary/aromatic N) is 5. The second kappa shape index (κ2) is 8.21. The van der Waals surface area contributed by atoms with Crippen LogP contribution >= 0.6 is 0 Å². The lowest BCUT2D eigenvalue weighted by Gasteiger charge is -2.35. The van der Waals surface area contributed by atoms with E-state index in [0.717, 1.165) is 48.7 Å². The standard InChI is InChI=1S/C19H30N6O2/c1-13(26)25-9-6-5-7-16(25)19-21-15-8-10-24(17(27)12-23(3)4)11-14(15)18(20-2)22-19/h16H,5-12H2,1-4H3,(H,20,21,22)/t16-/m0/s1. The van der Waals surface area contributed by atoms with Crippen molar-refractivity contribution in [1.29, 1.82) is 0 Å². The molecule has 1 saturated heterocycles. The average Bonchev–Trinajstić information content (AvgIpc) is 2.66. The van der Waals surface area contributed by atoms with E-state index in [4.69, 9.17) is 9.97 Å². The van der Waals surface area contributed by atoms with Gasteiger partial charge in [-0.2, -0.15) is 0 Å². The zero-order chi connectivity index (χ0) is 19.6. The molecule has 0 radical (unpaired) electrons. The summed E-state index contributed by atoms with van der Waals surface area (Å²) in [6.07, 6.45) is 3.72. The smallest absolute Gasteiger partial charge is 0.237 e. The Bertz CT molecular complexity index is 703. The van der Waals surface area contributed by atoms with Crippen molar-refractivity contribution < 1.29 is 9.59 Å². The molecule has 2 amide bonds. The Kier molecular flexibility index (Phi) is 5.94. The Labute approximate surface area is 160 Å². The minimum atomic E-state index is -0.0537. The summed E-state index contributed by atoms with van der Waals surface area (Å²) < 4.78 is 0. The molecule has 3 rings (SSSR count). The zero-order valence-corrected chi connectivity index (χ0v) is 16.8. The van der Waals surface area contributed by atoms with Crippen molar-refractivity contribution in [3.05, 3.63) is 17.1 Å². The van der Waals surface area contributed by atoms with Crippen molar-refractivity contribution in [1.82, 2.24) is 24.7 Å². The first-order valence-corrected chi connectivity index (χ1v) is 9.68. The van der Waals surface area contributed by atoms with Crippen LogP contribution in [0.4, 0.5) is 5.82 Å². The third-order valence-corrected chi connectivity index (χ3v) is 5.32. The molecule has 8 nitrogen and oxygen atoms in total. The third kappa shape index (κ3) is 4.21. The van der Waals surface area contributed by atoms with Crippen LogP contribution in [0.2, 0.25) is 0 Å². The molecule has 1 atom stereocenters. The van der Waals surface area contributed by atoms with Gasteiger partial charge in [0, 0.05) is 39.0 Å². The van der Waals surface area contributed by atoms with Gasteiger partial charge < -0.3 is 20.0 Å². The lowest BCUT2D eigenvalue weighted by atomic mass is 10.00. The van der Waals surface area contributed by atoms with Gasteiger partial charge in [-0.1, -0.05) is 0 Å². The van der Waals surface area contributed by atoms with Crippen molar-refractivity contribution in [3.8, 4) is 0 Å². The molecule has 8 heteroatoms. The SMILES string of the molecule is CNc1nc([C@@H]2CCCCN2C(C)=O)nc2c1CN(C(=O)CN(C)C)CC2. The number of hydrogen-bond donors (Lipinski definition) is 1. The topological polar surface area (TPSA) is 81.7 Å². The Morgan fingerprint density at radius 1 is 1.22 bits per heavy atom. The maximum atomic E-state index is 12.4. The fourth-order valence-corrected chi connectivity index (χ4v) is 3.95. The van der Waals surface area contributed by atoms with Gasteiger partial charge in [-0.25, -0.2) is 9.97 Å². The van der Waals surface area contributed by atoms with Crippen molar-refractivity contribution >= 4 is 17.6 Å². The summed E-state index contributed by atoms with van der Waals surface area (Å²) >= 11 is 0. The summed E-state index contributed by atoms with van der Waals surface area (Å²) in [5, 5.41) is 3.18. The number of aromatic nitrogens is 2. The average molecular weight is 374 g/mol. The monoisotopic (exact) mass is 374 g/mol. The van der Waals surface area contributed by atoms with Gasteiger partial charge in [-0.3, -0.25) is 9.59 Å². The number of piperidine rings is 1. The predicted octanol–water partition coefficient (Wildman–Crippen LogP) is 1.04. The number of likely N-dealkylation sites (tertiary alicyclic amines) is 1. The number of rotatable bonds is 4. The first kappa shape index (κ1) is 19.5. The summed E-state index contributed by atoms with van der Waals surface area (Å²) in [7, 11) is 5.64. The molecular weight excluding hydrogens is 344 g/mol. The van der Waals surface area contributed by atoms with Crippen molar-refractivity contribution in [3.63, 3.8) is 0 Å². The summed E-state index contributed by atoms with van der Waals surface area (Å²) in [6, 6.07) is -0.0537. The molecule has 1 aromatic rings. The van der Waals surface area contributed by atoms with E-state index in [9.17, 15) is 9.59 Å². The molecule has 0 spiro atoms. The molecule has 2 aliphatic rings. The second-order valence-electron chi connectivity index (χ2n) is 7.63.